The van der Waals surface area contributed by atoms with Crippen LogP contribution in [0.5, 0.6) is 11.5 Å². The fourth-order valence-corrected chi connectivity index (χ4v) is 4.66. The van der Waals surface area contributed by atoms with Gasteiger partial charge in [-0.05, 0) is 53.8 Å². The van der Waals surface area contributed by atoms with Crippen molar-refractivity contribution in [2.24, 2.45) is 7.05 Å². The van der Waals surface area contributed by atoms with Gasteiger partial charge in [0, 0.05) is 24.2 Å². The summed E-state index contributed by atoms with van der Waals surface area (Å²) in [6, 6.07) is 10.8. The molecule has 4 heterocycles. The van der Waals surface area contributed by atoms with Gasteiger partial charge in [0.05, 0.1) is 17.7 Å². The van der Waals surface area contributed by atoms with Crippen molar-refractivity contribution < 1.29 is 14.2 Å². The molecule has 6 rings (SSSR count). The second-order valence-electron chi connectivity index (χ2n) is 7.17. The van der Waals surface area contributed by atoms with Crippen LogP contribution in [0.1, 0.15) is 36.2 Å². The molecule has 2 aromatic carbocycles. The maximum atomic E-state index is 6.20. The Bertz CT molecular complexity index is 1020. The SMILES string of the molecule is Cn1ccc2c(-c3ccc4c(c3)OCCO4)cc3c(c21)C1CCC3O1. The molecule has 25 heavy (non-hydrogen) atoms. The van der Waals surface area contributed by atoms with E-state index in [9.17, 15) is 0 Å². The summed E-state index contributed by atoms with van der Waals surface area (Å²) in [7, 11) is 2.13. The van der Waals surface area contributed by atoms with Crippen LogP contribution in [0, 0.1) is 0 Å². The first-order chi connectivity index (χ1) is 12.3. The van der Waals surface area contributed by atoms with Crippen LogP contribution in [0.15, 0.2) is 36.5 Å². The van der Waals surface area contributed by atoms with Crippen LogP contribution in [-0.4, -0.2) is 17.8 Å². The van der Waals surface area contributed by atoms with Gasteiger partial charge in [-0.3, -0.25) is 0 Å². The van der Waals surface area contributed by atoms with Crippen LogP contribution in [0.4, 0.5) is 0 Å². The van der Waals surface area contributed by atoms with E-state index in [0.717, 1.165) is 24.3 Å². The summed E-state index contributed by atoms with van der Waals surface area (Å²) >= 11 is 0. The summed E-state index contributed by atoms with van der Waals surface area (Å²) in [6.07, 6.45) is 4.95. The monoisotopic (exact) mass is 333 g/mol. The fourth-order valence-electron chi connectivity index (χ4n) is 4.66. The molecule has 2 unspecified atom stereocenters. The molecule has 4 nitrogen and oxygen atoms in total. The first-order valence-electron chi connectivity index (χ1n) is 8.97. The van der Waals surface area contributed by atoms with E-state index in [0.29, 0.717) is 13.2 Å². The first-order valence-corrected chi connectivity index (χ1v) is 8.97. The van der Waals surface area contributed by atoms with E-state index in [4.69, 9.17) is 14.2 Å². The van der Waals surface area contributed by atoms with Crippen LogP contribution in [0.3, 0.4) is 0 Å². The average molecular weight is 333 g/mol. The second-order valence-corrected chi connectivity index (χ2v) is 7.17. The molecule has 126 valence electrons. The molecular weight excluding hydrogens is 314 g/mol. The van der Waals surface area contributed by atoms with Crippen molar-refractivity contribution in [1.82, 2.24) is 4.57 Å². The van der Waals surface area contributed by atoms with Crippen molar-refractivity contribution in [3.63, 3.8) is 0 Å². The number of ether oxygens (including phenoxy) is 3. The largest absolute Gasteiger partial charge is 0.486 e. The van der Waals surface area contributed by atoms with Gasteiger partial charge in [0.15, 0.2) is 11.5 Å². The number of nitrogens with zero attached hydrogens (tertiary/aromatic N) is 1. The van der Waals surface area contributed by atoms with Crippen LogP contribution >= 0.6 is 0 Å². The van der Waals surface area contributed by atoms with Gasteiger partial charge in [-0.25, -0.2) is 0 Å². The Morgan fingerprint density at radius 2 is 1.80 bits per heavy atom. The van der Waals surface area contributed by atoms with Gasteiger partial charge in [0.1, 0.15) is 13.2 Å². The van der Waals surface area contributed by atoms with Crippen LogP contribution in [0.2, 0.25) is 0 Å². The summed E-state index contributed by atoms with van der Waals surface area (Å²) in [5, 5.41) is 1.29. The fraction of sp³-hybridized carbons (Fsp3) is 0.333. The molecule has 0 spiro atoms. The topological polar surface area (TPSA) is 32.6 Å². The highest BCUT2D eigenvalue weighted by Gasteiger charge is 2.40. The van der Waals surface area contributed by atoms with Crippen LogP contribution < -0.4 is 9.47 Å². The molecule has 3 aliphatic heterocycles. The molecule has 3 aliphatic rings. The van der Waals surface area contributed by atoms with Crippen molar-refractivity contribution in [3.8, 4) is 22.6 Å². The van der Waals surface area contributed by atoms with Crippen LogP contribution in [0.25, 0.3) is 22.0 Å². The minimum Gasteiger partial charge on any atom is -0.486 e. The summed E-state index contributed by atoms with van der Waals surface area (Å²) in [6.45, 7) is 1.23. The highest BCUT2D eigenvalue weighted by atomic mass is 16.6. The minimum absolute atomic E-state index is 0.260. The highest BCUT2D eigenvalue weighted by Crippen LogP contribution is 2.54. The van der Waals surface area contributed by atoms with Gasteiger partial charge in [0.25, 0.3) is 0 Å². The molecule has 0 N–H and O–H groups in total. The number of benzene rings is 2. The number of aryl methyl sites for hydroxylation is 1. The number of fused-ring (bicyclic) bond motifs is 8. The third kappa shape index (κ3) is 1.80. The number of rotatable bonds is 1. The molecule has 0 saturated carbocycles. The van der Waals surface area contributed by atoms with E-state index in [1.807, 2.05) is 6.07 Å². The lowest BCUT2D eigenvalue weighted by atomic mass is 9.86. The Morgan fingerprint density at radius 3 is 2.72 bits per heavy atom. The predicted octanol–water partition coefficient (Wildman–Crippen LogP) is 4.52. The van der Waals surface area contributed by atoms with E-state index in [1.165, 1.54) is 33.2 Å². The Kier molecular flexibility index (Phi) is 2.64. The quantitative estimate of drug-likeness (QED) is 0.656. The summed E-state index contributed by atoms with van der Waals surface area (Å²) in [5.74, 6) is 1.67. The molecule has 0 amide bonds. The molecule has 3 aromatic rings. The zero-order valence-corrected chi connectivity index (χ0v) is 14.1. The molecule has 1 aromatic heterocycles. The zero-order valence-electron chi connectivity index (χ0n) is 14.1. The molecular formula is C21H19NO3. The van der Waals surface area contributed by atoms with Crippen LogP contribution in [-0.2, 0) is 11.8 Å². The molecule has 2 atom stereocenters. The minimum atomic E-state index is 0.260. The van der Waals surface area contributed by atoms with Gasteiger partial charge < -0.3 is 18.8 Å². The Hall–Kier alpha value is -2.46. The molecule has 1 fully saturated rings. The normalized spacial score (nSPS) is 23.2. The van der Waals surface area contributed by atoms with E-state index in [1.54, 1.807) is 0 Å². The number of hydrogen-bond donors (Lipinski definition) is 0. The van der Waals surface area contributed by atoms with E-state index >= 15 is 0 Å². The lowest BCUT2D eigenvalue weighted by Gasteiger charge is -2.20. The maximum Gasteiger partial charge on any atom is 0.161 e. The highest BCUT2D eigenvalue weighted by molar-refractivity contribution is 5.99. The zero-order chi connectivity index (χ0) is 16.5. The van der Waals surface area contributed by atoms with Gasteiger partial charge in [0.2, 0.25) is 0 Å². The predicted molar refractivity (Wildman–Crippen MR) is 95.1 cm³/mol. The standard InChI is InChI=1S/C21H19NO3/c1-22-7-6-13-14(12-2-3-17-19(10-12)24-9-8-23-17)11-15-16-4-5-18(25-16)20(15)21(13)22/h2-3,6-7,10-11,16,18H,4-5,8-9H2,1H3. The molecule has 4 heteroatoms. The van der Waals surface area contributed by atoms with Crippen molar-refractivity contribution in [3.05, 3.63) is 47.7 Å². The Balaban J connectivity index is 1.62. The molecule has 2 bridgehead atoms. The van der Waals surface area contributed by atoms with E-state index in [-0.39, 0.29) is 12.2 Å². The van der Waals surface area contributed by atoms with Gasteiger partial charge in [-0.2, -0.15) is 0 Å². The number of hydrogen-bond acceptors (Lipinski definition) is 3. The Labute approximate surface area is 145 Å². The van der Waals surface area contributed by atoms with Gasteiger partial charge in [-0.1, -0.05) is 6.07 Å². The van der Waals surface area contributed by atoms with Crippen molar-refractivity contribution >= 4 is 10.9 Å². The lowest BCUT2D eigenvalue weighted by Crippen LogP contribution is -2.15. The third-order valence-electron chi connectivity index (χ3n) is 5.77. The van der Waals surface area contributed by atoms with Gasteiger partial charge >= 0.3 is 0 Å². The lowest BCUT2D eigenvalue weighted by molar-refractivity contribution is 0.0720. The van der Waals surface area contributed by atoms with Crippen molar-refractivity contribution in [2.45, 2.75) is 25.0 Å². The van der Waals surface area contributed by atoms with E-state index in [2.05, 4.69) is 42.1 Å². The molecule has 1 saturated heterocycles. The van der Waals surface area contributed by atoms with Gasteiger partial charge in [-0.15, -0.1) is 0 Å². The molecule has 0 radical (unpaired) electrons. The summed E-state index contributed by atoms with van der Waals surface area (Å²) in [4.78, 5) is 0. The Morgan fingerprint density at radius 1 is 0.960 bits per heavy atom. The number of aromatic nitrogens is 1. The smallest absolute Gasteiger partial charge is 0.161 e. The second kappa shape index (κ2) is 4.79. The maximum absolute atomic E-state index is 6.20. The first kappa shape index (κ1) is 13.8. The molecule has 0 aliphatic carbocycles. The van der Waals surface area contributed by atoms with E-state index < -0.39 is 0 Å². The summed E-state index contributed by atoms with van der Waals surface area (Å²) in [5.41, 5.74) is 6.51. The van der Waals surface area contributed by atoms with Crippen molar-refractivity contribution in [2.75, 3.05) is 13.2 Å². The average Bonchev–Trinajstić information content (AvgIpc) is 3.36. The third-order valence-corrected chi connectivity index (χ3v) is 5.77. The summed E-state index contributed by atoms with van der Waals surface area (Å²) < 4.78 is 19.9. The van der Waals surface area contributed by atoms with Crippen molar-refractivity contribution in [1.29, 1.82) is 0 Å².